The number of fused-ring (bicyclic) bond motifs is 3. The van der Waals surface area contributed by atoms with Gasteiger partial charge in [0.15, 0.2) is 11.3 Å². The molecular weight excluding hydrogens is 430 g/mol. The number of aryl methyl sites for hydroxylation is 1. The minimum Gasteiger partial charge on any atom is -0.465 e. The van der Waals surface area contributed by atoms with Gasteiger partial charge < -0.3 is 10.0 Å². The number of imidazole rings is 1. The van der Waals surface area contributed by atoms with Crippen LogP contribution in [0.15, 0.2) is 53.8 Å². The van der Waals surface area contributed by atoms with Crippen LogP contribution in [0.1, 0.15) is 30.5 Å². The summed E-state index contributed by atoms with van der Waals surface area (Å²) < 4.78 is 29.6. The molecule has 1 N–H and O–H groups in total. The van der Waals surface area contributed by atoms with Crippen LogP contribution < -0.4 is 0 Å². The van der Waals surface area contributed by atoms with Gasteiger partial charge in [-0.05, 0) is 31.0 Å². The van der Waals surface area contributed by atoms with Crippen molar-refractivity contribution in [3.8, 4) is 0 Å². The molecule has 1 fully saturated rings. The van der Waals surface area contributed by atoms with Gasteiger partial charge in [0.05, 0.1) is 16.6 Å². The van der Waals surface area contributed by atoms with E-state index in [4.69, 9.17) is 0 Å². The summed E-state index contributed by atoms with van der Waals surface area (Å²) in [7, 11) is -3.82. The van der Waals surface area contributed by atoms with E-state index in [0.29, 0.717) is 29.9 Å². The molecule has 3 aromatic heterocycles. The molecule has 2 atom stereocenters. The lowest BCUT2D eigenvalue weighted by atomic mass is 9.91. The smallest absolute Gasteiger partial charge is 0.407 e. The van der Waals surface area contributed by atoms with Gasteiger partial charge in [0.1, 0.15) is 0 Å². The van der Waals surface area contributed by atoms with Gasteiger partial charge >= 0.3 is 6.09 Å². The third kappa shape index (κ3) is 3.05. The van der Waals surface area contributed by atoms with E-state index in [-0.39, 0.29) is 16.7 Å². The summed E-state index contributed by atoms with van der Waals surface area (Å²) in [5.74, 6) is 0.126. The van der Waals surface area contributed by atoms with Crippen LogP contribution in [0.4, 0.5) is 4.79 Å². The quantitative estimate of drug-likeness (QED) is 0.508. The number of nitrogens with zero attached hydrogens (tertiary/aromatic N) is 5. The molecule has 1 aromatic carbocycles. The molecule has 1 saturated heterocycles. The first-order valence-electron chi connectivity index (χ1n) is 10.4. The van der Waals surface area contributed by atoms with Crippen molar-refractivity contribution in [1.82, 2.24) is 23.2 Å². The van der Waals surface area contributed by atoms with E-state index in [1.807, 2.05) is 18.2 Å². The Morgan fingerprint density at radius 1 is 1.12 bits per heavy atom. The molecule has 0 saturated carbocycles. The normalized spacial score (nSPS) is 19.2. The number of carboxylic acid groups (broad SMARTS) is 1. The number of likely N-dealkylation sites (tertiary alicyclic amines) is 1. The van der Waals surface area contributed by atoms with Gasteiger partial charge in [0.2, 0.25) is 0 Å². The summed E-state index contributed by atoms with van der Waals surface area (Å²) >= 11 is 0. The monoisotopic (exact) mass is 453 g/mol. The van der Waals surface area contributed by atoms with Crippen LogP contribution in [-0.4, -0.2) is 55.9 Å². The molecule has 166 valence electrons. The van der Waals surface area contributed by atoms with E-state index in [1.165, 1.54) is 15.1 Å². The summed E-state index contributed by atoms with van der Waals surface area (Å²) in [5.41, 5.74) is 3.37. The molecule has 32 heavy (non-hydrogen) atoms. The maximum absolute atomic E-state index is 13.3. The first-order chi connectivity index (χ1) is 15.3. The molecule has 0 aliphatic carbocycles. The number of aromatic nitrogens is 4. The Labute approximate surface area is 185 Å². The summed E-state index contributed by atoms with van der Waals surface area (Å²) in [4.78, 5) is 22.0. The summed E-state index contributed by atoms with van der Waals surface area (Å²) in [5, 5.41) is 9.47. The molecule has 4 heterocycles. The van der Waals surface area contributed by atoms with Gasteiger partial charge in [-0.1, -0.05) is 31.0 Å². The lowest BCUT2D eigenvalue weighted by molar-refractivity contribution is 0.153. The average Bonchev–Trinajstić information content (AvgIpc) is 3.48. The third-order valence-corrected chi connectivity index (χ3v) is 8.04. The standard InChI is InChI=1S/C22H23N5O4S/c1-3-15-12-25(22(28)29)13-17(15)19-10-23-20-11-24-21-18(27(19)20)8-9-26(21)32(30,31)16-6-4-14(2)5-7-16/h4-11,15,17H,3,12-13H2,1-2H3,(H,28,29). The highest BCUT2D eigenvalue weighted by atomic mass is 32.2. The first kappa shape index (κ1) is 20.5. The average molecular weight is 454 g/mol. The molecular formula is C22H23N5O4S. The Balaban J connectivity index is 1.66. The zero-order chi connectivity index (χ0) is 22.6. The van der Waals surface area contributed by atoms with Gasteiger partial charge in [-0.2, -0.15) is 0 Å². The third-order valence-electron chi connectivity index (χ3n) is 6.36. The number of rotatable bonds is 4. The highest BCUT2D eigenvalue weighted by molar-refractivity contribution is 7.90. The van der Waals surface area contributed by atoms with E-state index in [2.05, 4.69) is 9.97 Å². The molecule has 0 spiro atoms. The highest BCUT2D eigenvalue weighted by Gasteiger charge is 2.37. The van der Waals surface area contributed by atoms with Crippen molar-refractivity contribution in [1.29, 1.82) is 0 Å². The lowest BCUT2D eigenvalue weighted by Crippen LogP contribution is -2.26. The Morgan fingerprint density at radius 3 is 2.56 bits per heavy atom. The van der Waals surface area contributed by atoms with Gasteiger partial charge in [-0.15, -0.1) is 0 Å². The summed E-state index contributed by atoms with van der Waals surface area (Å²) in [6.07, 6.45) is 4.71. The van der Waals surface area contributed by atoms with Gasteiger partial charge in [-0.3, -0.25) is 4.40 Å². The second kappa shape index (κ2) is 7.33. The van der Waals surface area contributed by atoms with Crippen LogP contribution in [0, 0.1) is 12.8 Å². The van der Waals surface area contributed by atoms with Gasteiger partial charge in [-0.25, -0.2) is 27.2 Å². The molecule has 9 nitrogen and oxygen atoms in total. The van der Waals surface area contributed by atoms with Crippen LogP contribution >= 0.6 is 0 Å². The van der Waals surface area contributed by atoms with Crippen LogP contribution in [0.5, 0.6) is 0 Å². The molecule has 1 aliphatic heterocycles. The topological polar surface area (TPSA) is 110 Å². The molecule has 5 rings (SSSR count). The van der Waals surface area contributed by atoms with E-state index < -0.39 is 16.1 Å². The number of amides is 1. The number of carbonyl (C=O) groups is 1. The minimum atomic E-state index is -3.82. The van der Waals surface area contributed by atoms with Gasteiger partial charge in [0.25, 0.3) is 10.0 Å². The van der Waals surface area contributed by atoms with Crippen molar-refractivity contribution in [3.05, 3.63) is 60.2 Å². The number of hydrogen-bond donors (Lipinski definition) is 1. The van der Waals surface area contributed by atoms with Crippen LogP contribution in [-0.2, 0) is 10.0 Å². The van der Waals surface area contributed by atoms with Crippen molar-refractivity contribution in [2.75, 3.05) is 13.1 Å². The van der Waals surface area contributed by atoms with Crippen molar-refractivity contribution in [2.45, 2.75) is 31.1 Å². The minimum absolute atomic E-state index is 0.0336. The molecule has 1 aliphatic rings. The van der Waals surface area contributed by atoms with Crippen LogP contribution in [0.3, 0.4) is 0 Å². The summed E-state index contributed by atoms with van der Waals surface area (Å²) in [6.45, 7) is 4.81. The zero-order valence-electron chi connectivity index (χ0n) is 17.7. The Morgan fingerprint density at radius 2 is 1.88 bits per heavy atom. The lowest BCUT2D eigenvalue weighted by Gasteiger charge is -2.16. The maximum atomic E-state index is 13.3. The van der Waals surface area contributed by atoms with Crippen LogP contribution in [0.2, 0.25) is 0 Å². The summed E-state index contributed by atoms with van der Waals surface area (Å²) in [6, 6.07) is 8.41. The van der Waals surface area contributed by atoms with Crippen molar-refractivity contribution in [2.24, 2.45) is 5.92 Å². The van der Waals surface area contributed by atoms with E-state index in [9.17, 15) is 18.3 Å². The van der Waals surface area contributed by atoms with Crippen LogP contribution in [0.25, 0.3) is 16.8 Å². The Kier molecular flexibility index (Phi) is 4.70. The van der Waals surface area contributed by atoms with Crippen molar-refractivity contribution >= 4 is 32.9 Å². The molecule has 2 unspecified atom stereocenters. The predicted molar refractivity (Wildman–Crippen MR) is 118 cm³/mol. The van der Waals surface area contributed by atoms with E-state index in [1.54, 1.807) is 42.7 Å². The second-order valence-electron chi connectivity index (χ2n) is 8.24. The largest absolute Gasteiger partial charge is 0.465 e. The van der Waals surface area contributed by atoms with Crippen molar-refractivity contribution < 1.29 is 18.3 Å². The molecule has 4 aromatic rings. The number of benzene rings is 1. The first-order valence-corrected chi connectivity index (χ1v) is 11.9. The second-order valence-corrected chi connectivity index (χ2v) is 10.1. The Hall–Kier alpha value is -3.40. The number of hydrogen-bond acceptors (Lipinski definition) is 5. The molecule has 0 bridgehead atoms. The molecule has 0 radical (unpaired) electrons. The fourth-order valence-corrected chi connectivity index (χ4v) is 5.90. The maximum Gasteiger partial charge on any atom is 0.407 e. The highest BCUT2D eigenvalue weighted by Crippen LogP contribution is 2.36. The predicted octanol–water partition coefficient (Wildman–Crippen LogP) is 3.33. The fourth-order valence-electron chi connectivity index (χ4n) is 4.60. The molecule has 1 amide bonds. The Bertz CT molecular complexity index is 1440. The fraction of sp³-hybridized carbons (Fsp3) is 0.318. The SMILES string of the molecule is CCC1CN(C(=O)O)CC1c1cnc2cnc3c(ccn3S(=O)(=O)c3ccc(C)cc3)n12. The van der Waals surface area contributed by atoms with Crippen molar-refractivity contribution in [3.63, 3.8) is 0 Å². The molecule has 10 heteroatoms. The zero-order valence-corrected chi connectivity index (χ0v) is 18.5. The van der Waals surface area contributed by atoms with E-state index in [0.717, 1.165) is 17.7 Å². The van der Waals surface area contributed by atoms with E-state index >= 15 is 0 Å². The van der Waals surface area contributed by atoms with Gasteiger partial charge in [0, 0.05) is 37.1 Å².